The van der Waals surface area contributed by atoms with Crippen LogP contribution in [-0.4, -0.2) is 15.0 Å². The highest BCUT2D eigenvalue weighted by atomic mass is 16.3. The molecule has 0 saturated carbocycles. The largest absolute Gasteiger partial charge is 0.456 e. The monoisotopic (exact) mass is 777 g/mol. The summed E-state index contributed by atoms with van der Waals surface area (Å²) in [4.78, 5) is 14.8. The summed E-state index contributed by atoms with van der Waals surface area (Å²) in [6.07, 6.45) is 0. The lowest BCUT2D eigenvalue weighted by Crippen LogP contribution is -2.00. The number of hydrogen-bond donors (Lipinski definition) is 0. The van der Waals surface area contributed by atoms with E-state index >= 15 is 0 Å². The van der Waals surface area contributed by atoms with E-state index in [4.69, 9.17) is 19.4 Å². The molecule has 284 valence electrons. The second-order valence-corrected chi connectivity index (χ2v) is 15.6. The molecule has 4 nitrogen and oxygen atoms in total. The molecular weight excluding hydrogens is 743 g/mol. The number of nitrogens with zero attached hydrogens (tertiary/aromatic N) is 3. The molecular formula is C57H35N3O. The van der Waals surface area contributed by atoms with Crippen LogP contribution in [0.1, 0.15) is 0 Å². The first-order valence-electron chi connectivity index (χ1n) is 20.6. The first-order chi connectivity index (χ1) is 30.2. The Morgan fingerprint density at radius 3 is 1.16 bits per heavy atom. The molecule has 10 aromatic carbocycles. The zero-order valence-corrected chi connectivity index (χ0v) is 33.0. The molecule has 0 spiro atoms. The van der Waals surface area contributed by atoms with Crippen molar-refractivity contribution in [2.75, 3.05) is 0 Å². The third-order valence-electron chi connectivity index (χ3n) is 11.9. The molecule has 0 fully saturated rings. The molecule has 0 atom stereocenters. The van der Waals surface area contributed by atoms with Crippen LogP contribution in [-0.2, 0) is 0 Å². The maximum Gasteiger partial charge on any atom is 0.164 e. The van der Waals surface area contributed by atoms with Gasteiger partial charge in [0.25, 0.3) is 0 Å². The van der Waals surface area contributed by atoms with Crippen LogP contribution in [0.25, 0.3) is 122 Å². The fourth-order valence-corrected chi connectivity index (χ4v) is 8.88. The van der Waals surface area contributed by atoms with E-state index in [1.807, 2.05) is 60.7 Å². The molecule has 0 saturated heterocycles. The van der Waals surface area contributed by atoms with Crippen LogP contribution in [0.4, 0.5) is 0 Å². The number of rotatable bonds is 6. The molecule has 0 radical (unpaired) electrons. The van der Waals surface area contributed by atoms with E-state index < -0.39 is 0 Å². The van der Waals surface area contributed by atoms with Gasteiger partial charge in [-0.2, -0.15) is 0 Å². The Morgan fingerprint density at radius 1 is 0.213 bits per heavy atom. The van der Waals surface area contributed by atoms with Gasteiger partial charge in [-0.1, -0.05) is 170 Å². The van der Waals surface area contributed by atoms with Crippen molar-refractivity contribution in [1.82, 2.24) is 15.0 Å². The summed E-state index contributed by atoms with van der Waals surface area (Å²) in [6, 6.07) is 74.7. The van der Waals surface area contributed by atoms with E-state index in [1.54, 1.807) is 0 Å². The predicted molar refractivity (Wildman–Crippen MR) is 252 cm³/mol. The summed E-state index contributed by atoms with van der Waals surface area (Å²) in [7, 11) is 0. The third kappa shape index (κ3) is 6.12. The Hall–Kier alpha value is -8.21. The van der Waals surface area contributed by atoms with Crippen molar-refractivity contribution >= 4 is 54.3 Å². The van der Waals surface area contributed by atoms with Crippen LogP contribution in [0.15, 0.2) is 217 Å². The lowest BCUT2D eigenvalue weighted by atomic mass is 9.92. The minimum absolute atomic E-state index is 0.631. The van der Waals surface area contributed by atoms with Crippen molar-refractivity contribution in [3.63, 3.8) is 0 Å². The molecule has 0 aliphatic heterocycles. The molecule has 0 aliphatic rings. The fraction of sp³-hybridized carbons (Fsp3) is 0. The minimum atomic E-state index is 0.631. The summed E-state index contributed by atoms with van der Waals surface area (Å²) < 4.78 is 6.53. The van der Waals surface area contributed by atoms with Crippen molar-refractivity contribution in [2.24, 2.45) is 0 Å². The van der Waals surface area contributed by atoms with Crippen LogP contribution in [0.3, 0.4) is 0 Å². The molecule has 0 N–H and O–H groups in total. The lowest BCUT2D eigenvalue weighted by Gasteiger charge is -2.12. The van der Waals surface area contributed by atoms with E-state index in [1.165, 1.54) is 37.9 Å². The smallest absolute Gasteiger partial charge is 0.164 e. The van der Waals surface area contributed by atoms with Gasteiger partial charge in [0.2, 0.25) is 0 Å². The van der Waals surface area contributed by atoms with Gasteiger partial charge in [-0.25, -0.2) is 15.0 Å². The number of fused-ring (bicyclic) bond motifs is 9. The van der Waals surface area contributed by atoms with Crippen LogP contribution < -0.4 is 0 Å². The van der Waals surface area contributed by atoms with Gasteiger partial charge in [0.1, 0.15) is 11.2 Å². The first kappa shape index (κ1) is 34.8. The highest BCUT2D eigenvalue weighted by molar-refractivity contribution is 6.25. The van der Waals surface area contributed by atoms with Crippen molar-refractivity contribution in [1.29, 1.82) is 0 Å². The molecule has 12 aromatic rings. The Bertz CT molecular complexity index is 3560. The van der Waals surface area contributed by atoms with Gasteiger partial charge in [-0.3, -0.25) is 0 Å². The molecule has 0 amide bonds. The second kappa shape index (κ2) is 14.3. The molecule has 61 heavy (non-hydrogen) atoms. The maximum atomic E-state index is 6.53. The Morgan fingerprint density at radius 2 is 0.590 bits per heavy atom. The minimum Gasteiger partial charge on any atom is -0.456 e. The SMILES string of the molecule is c1ccc(-c2nc(-c3ccccc3)nc(-c3cccc(-c4cccc(-c5ccc6c(c5)oc5ccc(-c7ccc8c9ccccc9c9ccccc9c8c7)cc56)c4)c3)n2)cc1. The number of aromatic nitrogens is 3. The molecule has 0 unspecified atom stereocenters. The quantitative estimate of drug-likeness (QED) is 0.158. The average molecular weight is 778 g/mol. The second-order valence-electron chi connectivity index (χ2n) is 15.6. The van der Waals surface area contributed by atoms with Crippen molar-refractivity contribution in [2.45, 2.75) is 0 Å². The van der Waals surface area contributed by atoms with Gasteiger partial charge >= 0.3 is 0 Å². The molecule has 0 aliphatic carbocycles. The van der Waals surface area contributed by atoms with Gasteiger partial charge in [0, 0.05) is 27.5 Å². The van der Waals surface area contributed by atoms with E-state index in [-0.39, 0.29) is 0 Å². The molecule has 2 heterocycles. The summed E-state index contributed by atoms with van der Waals surface area (Å²) in [5, 5.41) is 9.87. The Labute approximate surface area is 352 Å². The number of benzene rings is 10. The summed E-state index contributed by atoms with van der Waals surface area (Å²) in [5.74, 6) is 1.92. The van der Waals surface area contributed by atoms with E-state index in [0.29, 0.717) is 17.5 Å². The van der Waals surface area contributed by atoms with Crippen LogP contribution in [0, 0.1) is 0 Å². The first-order valence-corrected chi connectivity index (χ1v) is 20.6. The van der Waals surface area contributed by atoms with Crippen molar-refractivity contribution in [3.05, 3.63) is 212 Å². The summed E-state index contributed by atoms with van der Waals surface area (Å²) in [6.45, 7) is 0. The Kier molecular flexibility index (Phi) is 8.13. The number of furan rings is 1. The molecule has 4 heteroatoms. The summed E-state index contributed by atoms with van der Waals surface area (Å²) in [5.41, 5.74) is 11.3. The van der Waals surface area contributed by atoms with E-state index in [2.05, 4.69) is 152 Å². The van der Waals surface area contributed by atoms with Crippen LogP contribution >= 0.6 is 0 Å². The van der Waals surface area contributed by atoms with Gasteiger partial charge in [0.15, 0.2) is 17.5 Å². The van der Waals surface area contributed by atoms with Crippen LogP contribution in [0.2, 0.25) is 0 Å². The normalized spacial score (nSPS) is 11.6. The van der Waals surface area contributed by atoms with Gasteiger partial charge in [-0.15, -0.1) is 0 Å². The van der Waals surface area contributed by atoms with Crippen molar-refractivity contribution < 1.29 is 4.42 Å². The topological polar surface area (TPSA) is 51.8 Å². The predicted octanol–water partition coefficient (Wildman–Crippen LogP) is 15.2. The van der Waals surface area contributed by atoms with Gasteiger partial charge in [-0.05, 0) is 108 Å². The lowest BCUT2D eigenvalue weighted by molar-refractivity contribution is 0.669. The zero-order valence-electron chi connectivity index (χ0n) is 33.0. The average Bonchev–Trinajstić information content (AvgIpc) is 3.72. The molecule has 2 aromatic heterocycles. The highest BCUT2D eigenvalue weighted by Crippen LogP contribution is 2.40. The van der Waals surface area contributed by atoms with Crippen LogP contribution in [0.5, 0.6) is 0 Å². The maximum absolute atomic E-state index is 6.53. The van der Waals surface area contributed by atoms with E-state index in [9.17, 15) is 0 Å². The van der Waals surface area contributed by atoms with E-state index in [0.717, 1.165) is 66.4 Å². The number of hydrogen-bond acceptors (Lipinski definition) is 4. The molecule has 0 bridgehead atoms. The zero-order chi connectivity index (χ0) is 40.3. The fourth-order valence-electron chi connectivity index (χ4n) is 8.88. The third-order valence-corrected chi connectivity index (χ3v) is 11.9. The molecule has 12 rings (SSSR count). The van der Waals surface area contributed by atoms with Gasteiger partial charge in [0.05, 0.1) is 0 Å². The Balaban J connectivity index is 0.888. The van der Waals surface area contributed by atoms with Crippen molar-refractivity contribution in [3.8, 4) is 67.5 Å². The standard InChI is InChI=1S/C57H35N3O/c1-3-13-36(14-4-1)55-58-56(37-15-5-2-6-16-37)60-57(59-55)44-20-12-19-40(32-44)38-17-11-18-39(31-38)43-26-29-50-52-34-42(27-30-53(52)61-54(50)35-43)41-25-28-49-47-23-8-7-21-45(47)46-22-9-10-24-48(46)51(49)33-41/h1-35H. The summed E-state index contributed by atoms with van der Waals surface area (Å²) >= 11 is 0. The highest BCUT2D eigenvalue weighted by Gasteiger charge is 2.15. The van der Waals surface area contributed by atoms with Gasteiger partial charge < -0.3 is 4.42 Å².